The van der Waals surface area contributed by atoms with E-state index in [1.807, 2.05) is 0 Å². The number of likely N-dealkylation sites (tertiary alicyclic amines) is 2. The van der Waals surface area contributed by atoms with Crippen molar-refractivity contribution < 1.29 is 4.79 Å². The normalized spacial score (nSPS) is 22.0. The van der Waals surface area contributed by atoms with Crippen LogP contribution in [0.2, 0.25) is 0 Å². The molecule has 0 saturated carbocycles. The minimum absolute atomic E-state index is 0.262. The largest absolute Gasteiger partial charge is 0.351 e. The summed E-state index contributed by atoms with van der Waals surface area (Å²) >= 11 is 0. The fourth-order valence-corrected chi connectivity index (χ4v) is 4.01. The van der Waals surface area contributed by atoms with Crippen LogP contribution in [0.15, 0.2) is 24.3 Å². The third kappa shape index (κ3) is 3.43. The van der Waals surface area contributed by atoms with E-state index in [1.165, 1.54) is 30.5 Å². The molecule has 0 unspecified atom stereocenters. The van der Waals surface area contributed by atoms with Gasteiger partial charge in [0.25, 0.3) is 0 Å². The first-order valence-corrected chi connectivity index (χ1v) is 8.39. The van der Waals surface area contributed by atoms with E-state index in [-0.39, 0.29) is 6.03 Å². The fourth-order valence-electron chi connectivity index (χ4n) is 4.01. The summed E-state index contributed by atoms with van der Waals surface area (Å²) in [6.07, 6.45) is 4.76. The van der Waals surface area contributed by atoms with Crippen LogP contribution in [0, 0.1) is 12.3 Å². The zero-order valence-electron chi connectivity index (χ0n) is 13.6. The highest BCUT2D eigenvalue weighted by molar-refractivity contribution is 5.72. The van der Waals surface area contributed by atoms with Gasteiger partial charge in [0.1, 0.15) is 0 Å². The summed E-state index contributed by atoms with van der Waals surface area (Å²) in [4.78, 5) is 15.7. The van der Waals surface area contributed by atoms with Crippen molar-refractivity contribution in [2.75, 3.05) is 26.2 Å². The van der Waals surface area contributed by atoms with Gasteiger partial charge in [0.15, 0.2) is 0 Å². The van der Waals surface area contributed by atoms with Crippen molar-refractivity contribution >= 4 is 6.03 Å². The van der Waals surface area contributed by atoms with Gasteiger partial charge in [0.05, 0.1) is 0 Å². The minimum Gasteiger partial charge on any atom is -0.351 e. The van der Waals surface area contributed by atoms with Crippen molar-refractivity contribution in [1.29, 1.82) is 0 Å². The monoisotopic (exact) mass is 301 g/mol. The number of rotatable bonds is 2. The average Bonchev–Trinajstić information content (AvgIpc) is 2.50. The molecule has 0 radical (unpaired) electrons. The number of piperidine rings is 2. The molecule has 2 N–H and O–H groups in total. The number of hydrogen-bond donors (Lipinski definition) is 1. The molecule has 1 spiro atoms. The lowest BCUT2D eigenvalue weighted by Crippen LogP contribution is -2.51. The van der Waals surface area contributed by atoms with Crippen molar-refractivity contribution in [1.82, 2.24) is 9.80 Å². The molecule has 0 aromatic heterocycles. The number of amides is 2. The zero-order chi connectivity index (χ0) is 15.6. The Hall–Kier alpha value is -1.55. The van der Waals surface area contributed by atoms with Crippen molar-refractivity contribution in [3.63, 3.8) is 0 Å². The number of benzene rings is 1. The van der Waals surface area contributed by atoms with Crippen molar-refractivity contribution in [3.05, 3.63) is 35.4 Å². The van der Waals surface area contributed by atoms with Crippen LogP contribution < -0.4 is 5.73 Å². The van der Waals surface area contributed by atoms with Gasteiger partial charge in [0.2, 0.25) is 0 Å². The molecule has 4 nitrogen and oxygen atoms in total. The maximum atomic E-state index is 11.3. The second kappa shape index (κ2) is 6.29. The van der Waals surface area contributed by atoms with Gasteiger partial charge in [-0.05, 0) is 50.1 Å². The summed E-state index contributed by atoms with van der Waals surface area (Å²) in [6, 6.07) is 8.61. The molecule has 4 heteroatoms. The van der Waals surface area contributed by atoms with Crippen LogP contribution in [0.25, 0.3) is 0 Å². The zero-order valence-corrected chi connectivity index (χ0v) is 13.6. The fraction of sp³-hybridized carbons (Fsp3) is 0.611. The number of nitrogens with two attached hydrogens (primary N) is 1. The van der Waals surface area contributed by atoms with E-state index in [4.69, 9.17) is 5.73 Å². The molecule has 2 amide bonds. The number of hydrogen-bond acceptors (Lipinski definition) is 2. The second-order valence-electron chi connectivity index (χ2n) is 7.13. The van der Waals surface area contributed by atoms with Crippen LogP contribution in [0.1, 0.15) is 36.8 Å². The van der Waals surface area contributed by atoms with Gasteiger partial charge in [-0.3, -0.25) is 4.90 Å². The number of carbonyl (C=O) groups excluding carboxylic acids is 1. The molecule has 0 aliphatic carbocycles. The quantitative estimate of drug-likeness (QED) is 0.913. The Labute approximate surface area is 133 Å². The SMILES string of the molecule is Cc1ccc(CN2CCCC3(CCN(C(N)=O)CC3)C2)cc1. The smallest absolute Gasteiger partial charge is 0.314 e. The van der Waals surface area contributed by atoms with Gasteiger partial charge in [-0.15, -0.1) is 0 Å². The van der Waals surface area contributed by atoms with E-state index < -0.39 is 0 Å². The highest BCUT2D eigenvalue weighted by Gasteiger charge is 2.38. The van der Waals surface area contributed by atoms with E-state index in [0.29, 0.717) is 5.41 Å². The Morgan fingerprint density at radius 1 is 1.14 bits per heavy atom. The molecule has 1 aromatic rings. The Balaban J connectivity index is 1.60. The van der Waals surface area contributed by atoms with Gasteiger partial charge in [-0.1, -0.05) is 29.8 Å². The summed E-state index contributed by atoms with van der Waals surface area (Å²) in [5.41, 5.74) is 8.52. The Morgan fingerprint density at radius 3 is 2.45 bits per heavy atom. The summed E-state index contributed by atoms with van der Waals surface area (Å²) in [5.74, 6) is 0. The molecule has 2 saturated heterocycles. The first kappa shape index (κ1) is 15.3. The van der Waals surface area contributed by atoms with Crippen molar-refractivity contribution in [3.8, 4) is 0 Å². The molecule has 0 bridgehead atoms. The van der Waals surface area contributed by atoms with Gasteiger partial charge in [-0.2, -0.15) is 0 Å². The van der Waals surface area contributed by atoms with E-state index in [9.17, 15) is 4.79 Å². The molecule has 1 aromatic carbocycles. The molecular weight excluding hydrogens is 274 g/mol. The van der Waals surface area contributed by atoms with Crippen LogP contribution in [0.4, 0.5) is 4.79 Å². The molecule has 3 rings (SSSR count). The topological polar surface area (TPSA) is 49.6 Å². The number of aryl methyl sites for hydroxylation is 1. The predicted molar refractivity (Wildman–Crippen MR) is 88.5 cm³/mol. The molecule has 0 atom stereocenters. The van der Waals surface area contributed by atoms with Crippen molar-refractivity contribution in [2.45, 2.75) is 39.2 Å². The maximum absolute atomic E-state index is 11.3. The van der Waals surface area contributed by atoms with Crippen LogP contribution in [-0.4, -0.2) is 42.0 Å². The molecule has 2 heterocycles. The number of carbonyl (C=O) groups is 1. The molecule has 120 valence electrons. The minimum atomic E-state index is -0.262. The van der Waals surface area contributed by atoms with Crippen LogP contribution in [0.5, 0.6) is 0 Å². The summed E-state index contributed by atoms with van der Waals surface area (Å²) < 4.78 is 0. The van der Waals surface area contributed by atoms with E-state index >= 15 is 0 Å². The lowest BCUT2D eigenvalue weighted by molar-refractivity contribution is 0.0312. The molecule has 2 fully saturated rings. The first-order valence-electron chi connectivity index (χ1n) is 8.39. The van der Waals surface area contributed by atoms with Gasteiger partial charge < -0.3 is 10.6 Å². The number of urea groups is 1. The third-order valence-electron chi connectivity index (χ3n) is 5.40. The lowest BCUT2D eigenvalue weighted by atomic mass is 9.72. The van der Waals surface area contributed by atoms with Crippen LogP contribution in [0.3, 0.4) is 0 Å². The molecule has 2 aliphatic rings. The number of nitrogens with zero attached hydrogens (tertiary/aromatic N) is 2. The molecular formula is C18H27N3O. The van der Waals surface area contributed by atoms with Crippen LogP contribution >= 0.6 is 0 Å². The van der Waals surface area contributed by atoms with Gasteiger partial charge in [0, 0.05) is 26.2 Å². The van der Waals surface area contributed by atoms with E-state index in [2.05, 4.69) is 36.1 Å². The van der Waals surface area contributed by atoms with E-state index in [0.717, 1.165) is 39.0 Å². The highest BCUT2D eigenvalue weighted by atomic mass is 16.2. The average molecular weight is 301 g/mol. The Morgan fingerprint density at radius 2 is 1.82 bits per heavy atom. The van der Waals surface area contributed by atoms with Crippen molar-refractivity contribution in [2.24, 2.45) is 11.1 Å². The van der Waals surface area contributed by atoms with Gasteiger partial charge >= 0.3 is 6.03 Å². The predicted octanol–water partition coefficient (Wildman–Crippen LogP) is 2.75. The third-order valence-corrected chi connectivity index (χ3v) is 5.40. The standard InChI is InChI=1S/C18H27N3O/c1-15-3-5-16(6-4-15)13-20-10-2-7-18(14-20)8-11-21(12-9-18)17(19)22/h3-6H,2,7-14H2,1H3,(H2,19,22). The molecule has 22 heavy (non-hydrogen) atoms. The van der Waals surface area contributed by atoms with Gasteiger partial charge in [-0.25, -0.2) is 4.79 Å². The molecule has 2 aliphatic heterocycles. The Bertz CT molecular complexity index is 518. The lowest BCUT2D eigenvalue weighted by Gasteiger charge is -2.47. The Kier molecular flexibility index (Phi) is 4.39. The van der Waals surface area contributed by atoms with E-state index in [1.54, 1.807) is 4.90 Å². The summed E-state index contributed by atoms with van der Waals surface area (Å²) in [5, 5.41) is 0. The first-order chi connectivity index (χ1) is 10.6. The second-order valence-corrected chi connectivity index (χ2v) is 7.13. The highest BCUT2D eigenvalue weighted by Crippen LogP contribution is 2.40. The van der Waals surface area contributed by atoms with Crippen LogP contribution in [-0.2, 0) is 6.54 Å². The maximum Gasteiger partial charge on any atom is 0.314 e. The summed E-state index contributed by atoms with van der Waals surface area (Å²) in [7, 11) is 0. The number of primary amides is 1. The summed E-state index contributed by atoms with van der Waals surface area (Å²) in [6.45, 7) is 7.18.